The van der Waals surface area contributed by atoms with Crippen LogP contribution in [0.5, 0.6) is 5.75 Å². The van der Waals surface area contributed by atoms with Crippen LogP contribution >= 0.6 is 11.6 Å². The first-order valence-corrected chi connectivity index (χ1v) is 7.28. The van der Waals surface area contributed by atoms with Crippen LogP contribution in [0.3, 0.4) is 0 Å². The van der Waals surface area contributed by atoms with Crippen molar-refractivity contribution in [1.82, 2.24) is 0 Å². The van der Waals surface area contributed by atoms with E-state index >= 15 is 0 Å². The van der Waals surface area contributed by atoms with E-state index < -0.39 is 0 Å². The van der Waals surface area contributed by atoms with Gasteiger partial charge in [-0.15, -0.1) is 0 Å². The van der Waals surface area contributed by atoms with Gasteiger partial charge >= 0.3 is 5.97 Å². The van der Waals surface area contributed by atoms with Gasteiger partial charge in [0.2, 0.25) is 0 Å². The molecule has 0 atom stereocenters. The van der Waals surface area contributed by atoms with Crippen LogP contribution in [0.1, 0.15) is 32.6 Å². The number of hydrogen-bond acceptors (Lipinski definition) is 4. The molecule has 0 spiro atoms. The van der Waals surface area contributed by atoms with E-state index in [-0.39, 0.29) is 5.97 Å². The monoisotopic (exact) mass is 299 g/mol. The highest BCUT2D eigenvalue weighted by Gasteiger charge is 2.03. The molecule has 0 saturated carbocycles. The number of esters is 1. The normalized spacial score (nSPS) is 10.2. The fourth-order valence-corrected chi connectivity index (χ4v) is 2.02. The molecular weight excluding hydrogens is 278 g/mol. The first kappa shape index (κ1) is 16.6. The van der Waals surface area contributed by atoms with Gasteiger partial charge < -0.3 is 14.8 Å². The van der Waals surface area contributed by atoms with Crippen molar-refractivity contribution in [2.24, 2.45) is 0 Å². The molecule has 20 heavy (non-hydrogen) atoms. The van der Waals surface area contributed by atoms with Gasteiger partial charge in [-0.05, 0) is 38.0 Å². The molecule has 0 aliphatic rings. The van der Waals surface area contributed by atoms with E-state index in [0.29, 0.717) is 18.1 Å². The van der Waals surface area contributed by atoms with Crippen LogP contribution in [0, 0.1) is 0 Å². The second-order valence-electron chi connectivity index (χ2n) is 4.39. The predicted octanol–water partition coefficient (Wildman–Crippen LogP) is 3.88. The highest BCUT2D eigenvalue weighted by molar-refractivity contribution is 6.30. The third-order valence-corrected chi connectivity index (χ3v) is 3.08. The van der Waals surface area contributed by atoms with Crippen molar-refractivity contribution in [2.75, 3.05) is 25.6 Å². The lowest BCUT2D eigenvalue weighted by atomic mass is 10.2. The fourth-order valence-electron chi connectivity index (χ4n) is 1.85. The van der Waals surface area contributed by atoms with E-state index in [1.807, 2.05) is 19.1 Å². The van der Waals surface area contributed by atoms with Gasteiger partial charge in [0, 0.05) is 18.0 Å². The molecule has 1 aromatic rings. The fraction of sp³-hybridized carbons (Fsp3) is 0.533. The zero-order valence-electron chi connectivity index (χ0n) is 12.1. The Balaban J connectivity index is 2.21. The van der Waals surface area contributed by atoms with E-state index in [1.165, 1.54) is 0 Å². The van der Waals surface area contributed by atoms with Gasteiger partial charge in [-0.3, -0.25) is 4.79 Å². The Hall–Kier alpha value is -1.42. The highest BCUT2D eigenvalue weighted by Crippen LogP contribution is 2.27. The lowest BCUT2D eigenvalue weighted by molar-refractivity contribution is -0.143. The largest absolute Gasteiger partial charge is 0.495 e. The molecule has 4 nitrogen and oxygen atoms in total. The Labute approximate surface area is 125 Å². The van der Waals surface area contributed by atoms with Crippen LogP contribution < -0.4 is 10.1 Å². The minimum atomic E-state index is -0.114. The molecule has 0 aliphatic carbocycles. The Morgan fingerprint density at radius 2 is 2.10 bits per heavy atom. The van der Waals surface area contributed by atoms with E-state index in [4.69, 9.17) is 21.1 Å². The molecule has 0 aromatic heterocycles. The molecule has 0 saturated heterocycles. The van der Waals surface area contributed by atoms with Crippen molar-refractivity contribution < 1.29 is 14.3 Å². The quantitative estimate of drug-likeness (QED) is 0.555. The lowest BCUT2D eigenvalue weighted by Gasteiger charge is -2.11. The van der Waals surface area contributed by atoms with Gasteiger partial charge in [-0.1, -0.05) is 18.0 Å². The number of carbonyl (C=O) groups excluding carboxylic acids is 1. The third-order valence-electron chi connectivity index (χ3n) is 2.84. The number of hydrogen-bond donors (Lipinski definition) is 1. The Morgan fingerprint density at radius 1 is 1.30 bits per heavy atom. The van der Waals surface area contributed by atoms with Crippen molar-refractivity contribution in [3.8, 4) is 5.75 Å². The van der Waals surface area contributed by atoms with E-state index in [2.05, 4.69) is 5.32 Å². The maximum Gasteiger partial charge on any atom is 0.305 e. The van der Waals surface area contributed by atoms with Crippen molar-refractivity contribution in [1.29, 1.82) is 0 Å². The maximum absolute atomic E-state index is 11.1. The molecule has 0 bridgehead atoms. The molecule has 112 valence electrons. The van der Waals surface area contributed by atoms with Gasteiger partial charge in [0.05, 0.1) is 19.4 Å². The number of unbranched alkanes of at least 4 members (excludes halogenated alkanes) is 2. The van der Waals surface area contributed by atoms with E-state index in [1.54, 1.807) is 13.2 Å². The zero-order chi connectivity index (χ0) is 14.8. The summed E-state index contributed by atoms with van der Waals surface area (Å²) in [5.74, 6) is 0.665. The molecule has 0 radical (unpaired) electrons. The van der Waals surface area contributed by atoms with Gasteiger partial charge in [0.1, 0.15) is 5.75 Å². The van der Waals surface area contributed by atoms with Crippen molar-refractivity contribution in [2.45, 2.75) is 32.6 Å². The maximum atomic E-state index is 11.1. The molecule has 0 aliphatic heterocycles. The van der Waals surface area contributed by atoms with Crippen molar-refractivity contribution in [3.05, 3.63) is 23.2 Å². The Morgan fingerprint density at radius 3 is 2.80 bits per heavy atom. The molecule has 1 aromatic carbocycles. The van der Waals surface area contributed by atoms with Crippen LogP contribution in [0.15, 0.2) is 18.2 Å². The second kappa shape index (κ2) is 9.48. The third kappa shape index (κ3) is 6.15. The first-order valence-electron chi connectivity index (χ1n) is 6.90. The van der Waals surface area contributed by atoms with Crippen LogP contribution in [0.25, 0.3) is 0 Å². The first-order chi connectivity index (χ1) is 9.67. The van der Waals surface area contributed by atoms with Gasteiger partial charge in [0.15, 0.2) is 0 Å². The summed E-state index contributed by atoms with van der Waals surface area (Å²) in [6.07, 6.45) is 3.31. The van der Waals surface area contributed by atoms with Gasteiger partial charge in [-0.25, -0.2) is 0 Å². The van der Waals surface area contributed by atoms with Crippen LogP contribution in [0.4, 0.5) is 5.69 Å². The average molecular weight is 300 g/mol. The number of rotatable bonds is 9. The van der Waals surface area contributed by atoms with Crippen LogP contribution in [-0.4, -0.2) is 26.2 Å². The summed E-state index contributed by atoms with van der Waals surface area (Å²) in [6, 6.07) is 5.48. The minimum Gasteiger partial charge on any atom is -0.495 e. The summed E-state index contributed by atoms with van der Waals surface area (Å²) in [5.41, 5.74) is 0.894. The topological polar surface area (TPSA) is 47.6 Å². The number of methoxy groups -OCH3 is 1. The van der Waals surface area contributed by atoms with Crippen molar-refractivity contribution >= 4 is 23.3 Å². The molecule has 1 N–H and O–H groups in total. The zero-order valence-corrected chi connectivity index (χ0v) is 12.8. The lowest BCUT2D eigenvalue weighted by Crippen LogP contribution is -2.05. The molecular formula is C15H22ClNO3. The number of halogens is 1. The standard InChI is InChI=1S/C15H22ClNO3/c1-3-20-15(18)7-5-4-6-10-17-13-11-12(16)8-9-14(13)19-2/h8-9,11,17H,3-7,10H2,1-2H3. The highest BCUT2D eigenvalue weighted by atomic mass is 35.5. The smallest absolute Gasteiger partial charge is 0.305 e. The number of ether oxygens (including phenoxy) is 2. The summed E-state index contributed by atoms with van der Waals surface area (Å²) >= 11 is 5.95. The van der Waals surface area contributed by atoms with Gasteiger partial charge in [-0.2, -0.15) is 0 Å². The molecule has 0 heterocycles. The van der Waals surface area contributed by atoms with E-state index in [9.17, 15) is 4.79 Å². The molecule has 5 heteroatoms. The Kier molecular flexibility index (Phi) is 7.88. The summed E-state index contributed by atoms with van der Waals surface area (Å²) in [5, 5.41) is 3.97. The minimum absolute atomic E-state index is 0.114. The molecule has 1 rings (SSSR count). The molecule has 0 amide bonds. The van der Waals surface area contributed by atoms with Crippen LogP contribution in [-0.2, 0) is 9.53 Å². The number of anilines is 1. The van der Waals surface area contributed by atoms with Crippen molar-refractivity contribution in [3.63, 3.8) is 0 Å². The summed E-state index contributed by atoms with van der Waals surface area (Å²) in [7, 11) is 1.63. The van der Waals surface area contributed by atoms with E-state index in [0.717, 1.165) is 37.2 Å². The SMILES string of the molecule is CCOC(=O)CCCCCNc1cc(Cl)ccc1OC. The summed E-state index contributed by atoms with van der Waals surface area (Å²) in [4.78, 5) is 11.1. The summed E-state index contributed by atoms with van der Waals surface area (Å²) in [6.45, 7) is 3.09. The number of carbonyl (C=O) groups is 1. The molecule has 0 unspecified atom stereocenters. The number of nitrogens with one attached hydrogen (secondary N) is 1. The average Bonchev–Trinajstić information content (AvgIpc) is 2.43. The number of benzene rings is 1. The predicted molar refractivity (Wildman–Crippen MR) is 81.6 cm³/mol. The molecule has 0 fully saturated rings. The Bertz CT molecular complexity index is 424. The van der Waals surface area contributed by atoms with Gasteiger partial charge in [0.25, 0.3) is 0 Å². The summed E-state index contributed by atoms with van der Waals surface area (Å²) < 4.78 is 10.1. The second-order valence-corrected chi connectivity index (χ2v) is 4.82. The van der Waals surface area contributed by atoms with Crippen LogP contribution in [0.2, 0.25) is 5.02 Å².